The first-order valence-corrected chi connectivity index (χ1v) is 6.31. The molecular formula is C15H15N3O3. The topological polar surface area (TPSA) is 105 Å². The first-order chi connectivity index (χ1) is 9.99. The minimum atomic E-state index is -1.14. The number of primary amides is 1. The molecule has 108 valence electrons. The summed E-state index contributed by atoms with van der Waals surface area (Å²) < 4.78 is 0. The second-order valence-corrected chi connectivity index (χ2v) is 4.53. The molecule has 1 amide bonds. The molecule has 1 aromatic carbocycles. The summed E-state index contributed by atoms with van der Waals surface area (Å²) in [6.07, 6.45) is 0. The maximum absolute atomic E-state index is 11.5. The number of hydrogen-bond acceptors (Lipinski definition) is 4. The smallest absolute Gasteiger partial charge is 0.337 e. The van der Waals surface area contributed by atoms with Crippen LogP contribution in [0.1, 0.15) is 32.0 Å². The van der Waals surface area contributed by atoms with Crippen LogP contribution in [-0.4, -0.2) is 22.0 Å². The van der Waals surface area contributed by atoms with Crippen molar-refractivity contribution in [2.45, 2.75) is 13.5 Å². The number of amides is 1. The Morgan fingerprint density at radius 2 is 1.90 bits per heavy atom. The Morgan fingerprint density at radius 3 is 2.48 bits per heavy atom. The zero-order valence-electron chi connectivity index (χ0n) is 11.5. The van der Waals surface area contributed by atoms with Crippen molar-refractivity contribution in [1.29, 1.82) is 0 Å². The maximum atomic E-state index is 11.5. The Bertz CT molecular complexity index is 684. The first-order valence-electron chi connectivity index (χ1n) is 6.31. The Balaban J connectivity index is 2.32. The van der Waals surface area contributed by atoms with Gasteiger partial charge in [-0.05, 0) is 18.6 Å². The Morgan fingerprint density at radius 1 is 1.24 bits per heavy atom. The number of rotatable bonds is 5. The molecule has 1 heterocycles. The van der Waals surface area contributed by atoms with Crippen LogP contribution in [0.15, 0.2) is 36.4 Å². The number of carbonyl (C=O) groups is 2. The van der Waals surface area contributed by atoms with Crippen molar-refractivity contribution in [3.8, 4) is 0 Å². The Hall–Kier alpha value is -2.89. The number of nitrogens with zero attached hydrogens (tertiary/aromatic N) is 1. The lowest BCUT2D eigenvalue weighted by Crippen LogP contribution is -2.18. The standard InChI is InChI=1S/C15H15N3O3/c1-9-11(15(20)21)7-12(13(16)19)14(18-9)17-8-10-5-3-2-4-6-10/h2-7H,8H2,1H3,(H2,16,19)(H,17,18)(H,20,21). The quantitative estimate of drug-likeness (QED) is 0.776. The summed E-state index contributed by atoms with van der Waals surface area (Å²) in [7, 11) is 0. The zero-order valence-corrected chi connectivity index (χ0v) is 11.5. The predicted molar refractivity (Wildman–Crippen MR) is 78.2 cm³/mol. The number of carboxylic acid groups (broad SMARTS) is 1. The molecule has 2 aromatic rings. The van der Waals surface area contributed by atoms with Crippen LogP contribution >= 0.6 is 0 Å². The zero-order chi connectivity index (χ0) is 15.4. The summed E-state index contributed by atoms with van der Waals surface area (Å²) in [5.74, 6) is -1.58. The summed E-state index contributed by atoms with van der Waals surface area (Å²) in [6.45, 7) is 2.03. The lowest BCUT2D eigenvalue weighted by atomic mass is 10.1. The van der Waals surface area contributed by atoms with Crippen LogP contribution in [-0.2, 0) is 6.54 Å². The highest BCUT2D eigenvalue weighted by atomic mass is 16.4. The van der Waals surface area contributed by atoms with Gasteiger partial charge < -0.3 is 16.2 Å². The van der Waals surface area contributed by atoms with Crippen molar-refractivity contribution >= 4 is 17.7 Å². The Kier molecular flexibility index (Phi) is 4.18. The Labute approximate surface area is 121 Å². The number of aryl methyl sites for hydroxylation is 1. The fraction of sp³-hybridized carbons (Fsp3) is 0.133. The largest absolute Gasteiger partial charge is 0.478 e. The van der Waals surface area contributed by atoms with Crippen LogP contribution in [0.3, 0.4) is 0 Å². The number of anilines is 1. The lowest BCUT2D eigenvalue weighted by molar-refractivity contribution is 0.0695. The van der Waals surface area contributed by atoms with Crippen LogP contribution in [0.4, 0.5) is 5.82 Å². The molecule has 0 unspecified atom stereocenters. The summed E-state index contributed by atoms with van der Waals surface area (Å²) >= 11 is 0. The van der Waals surface area contributed by atoms with Gasteiger partial charge in [0.05, 0.1) is 16.8 Å². The number of aromatic carboxylic acids is 1. The molecule has 0 aliphatic carbocycles. The summed E-state index contributed by atoms with van der Waals surface area (Å²) in [6, 6.07) is 10.8. The molecule has 21 heavy (non-hydrogen) atoms. The molecule has 6 heteroatoms. The van der Waals surface area contributed by atoms with Crippen molar-refractivity contribution in [2.24, 2.45) is 5.73 Å². The molecule has 0 radical (unpaired) electrons. The first kappa shape index (κ1) is 14.5. The molecular weight excluding hydrogens is 270 g/mol. The van der Waals surface area contributed by atoms with Gasteiger partial charge in [-0.1, -0.05) is 30.3 Å². The van der Waals surface area contributed by atoms with Gasteiger partial charge in [0.15, 0.2) is 0 Å². The van der Waals surface area contributed by atoms with Crippen molar-refractivity contribution in [1.82, 2.24) is 4.98 Å². The van der Waals surface area contributed by atoms with Gasteiger partial charge in [0.1, 0.15) is 5.82 Å². The molecule has 0 fully saturated rings. The minimum absolute atomic E-state index is 0.0333. The molecule has 0 spiro atoms. The number of hydrogen-bond donors (Lipinski definition) is 3. The number of pyridine rings is 1. The third kappa shape index (κ3) is 3.36. The average molecular weight is 285 g/mol. The van der Waals surface area contributed by atoms with Gasteiger partial charge in [0, 0.05) is 6.54 Å². The summed E-state index contributed by atoms with van der Waals surface area (Å²) in [5, 5.41) is 12.1. The molecule has 2 rings (SSSR count). The second kappa shape index (κ2) is 6.04. The number of carboxylic acids is 1. The van der Waals surface area contributed by atoms with Crippen molar-refractivity contribution in [2.75, 3.05) is 5.32 Å². The highest BCUT2D eigenvalue weighted by Crippen LogP contribution is 2.18. The normalized spacial score (nSPS) is 10.1. The number of benzene rings is 1. The van der Waals surface area contributed by atoms with Gasteiger partial charge in [-0.2, -0.15) is 0 Å². The van der Waals surface area contributed by atoms with E-state index in [0.29, 0.717) is 12.2 Å². The van der Waals surface area contributed by atoms with E-state index >= 15 is 0 Å². The summed E-state index contributed by atoms with van der Waals surface area (Å²) in [5.41, 5.74) is 6.65. The van der Waals surface area contributed by atoms with E-state index in [1.807, 2.05) is 30.3 Å². The van der Waals surface area contributed by atoms with Gasteiger partial charge in [-0.3, -0.25) is 4.79 Å². The molecule has 0 aliphatic heterocycles. The molecule has 0 saturated heterocycles. The maximum Gasteiger partial charge on any atom is 0.337 e. The van der Waals surface area contributed by atoms with Gasteiger partial charge in [0.2, 0.25) is 0 Å². The van der Waals surface area contributed by atoms with Crippen LogP contribution in [0.25, 0.3) is 0 Å². The van der Waals surface area contributed by atoms with Crippen LogP contribution in [0.2, 0.25) is 0 Å². The van der Waals surface area contributed by atoms with Crippen LogP contribution in [0, 0.1) is 6.92 Å². The number of aromatic nitrogens is 1. The van der Waals surface area contributed by atoms with Gasteiger partial charge in [-0.15, -0.1) is 0 Å². The van der Waals surface area contributed by atoms with E-state index in [-0.39, 0.29) is 16.9 Å². The van der Waals surface area contributed by atoms with Gasteiger partial charge in [0.25, 0.3) is 5.91 Å². The fourth-order valence-electron chi connectivity index (χ4n) is 1.93. The van der Waals surface area contributed by atoms with E-state index in [2.05, 4.69) is 10.3 Å². The van der Waals surface area contributed by atoms with Crippen molar-refractivity contribution < 1.29 is 14.7 Å². The van der Waals surface area contributed by atoms with E-state index in [9.17, 15) is 9.59 Å². The highest BCUT2D eigenvalue weighted by Gasteiger charge is 2.17. The van der Waals surface area contributed by atoms with E-state index < -0.39 is 11.9 Å². The molecule has 1 aromatic heterocycles. The molecule has 6 nitrogen and oxygen atoms in total. The molecule has 0 saturated carbocycles. The third-order valence-corrected chi connectivity index (χ3v) is 3.01. The lowest BCUT2D eigenvalue weighted by Gasteiger charge is -2.12. The number of nitrogens with one attached hydrogen (secondary N) is 1. The second-order valence-electron chi connectivity index (χ2n) is 4.53. The van der Waals surface area contributed by atoms with Crippen molar-refractivity contribution in [3.63, 3.8) is 0 Å². The monoisotopic (exact) mass is 285 g/mol. The molecule has 4 N–H and O–H groups in total. The van der Waals surface area contributed by atoms with Gasteiger partial charge >= 0.3 is 5.97 Å². The van der Waals surface area contributed by atoms with E-state index in [1.54, 1.807) is 6.92 Å². The predicted octanol–water partition coefficient (Wildman–Crippen LogP) is 1.80. The number of nitrogens with two attached hydrogens (primary N) is 1. The van der Waals surface area contributed by atoms with E-state index in [4.69, 9.17) is 10.8 Å². The van der Waals surface area contributed by atoms with Crippen molar-refractivity contribution in [3.05, 3.63) is 58.8 Å². The van der Waals surface area contributed by atoms with Gasteiger partial charge in [-0.25, -0.2) is 9.78 Å². The third-order valence-electron chi connectivity index (χ3n) is 3.01. The highest BCUT2D eigenvalue weighted by molar-refractivity contribution is 6.00. The molecule has 0 bridgehead atoms. The van der Waals surface area contributed by atoms with Crippen LogP contribution in [0.5, 0.6) is 0 Å². The molecule has 0 atom stereocenters. The fourth-order valence-corrected chi connectivity index (χ4v) is 1.93. The van der Waals surface area contributed by atoms with Crippen LogP contribution < -0.4 is 11.1 Å². The molecule has 0 aliphatic rings. The SMILES string of the molecule is Cc1nc(NCc2ccccc2)c(C(N)=O)cc1C(=O)O. The number of carbonyl (C=O) groups excluding carboxylic acids is 1. The van der Waals surface area contributed by atoms with E-state index in [0.717, 1.165) is 5.56 Å². The minimum Gasteiger partial charge on any atom is -0.478 e. The van der Waals surface area contributed by atoms with E-state index in [1.165, 1.54) is 6.07 Å². The average Bonchev–Trinajstić information content (AvgIpc) is 2.45. The summed E-state index contributed by atoms with van der Waals surface area (Å²) in [4.78, 5) is 26.7.